The Balaban J connectivity index is 2.25. The van der Waals surface area contributed by atoms with Crippen LogP contribution in [0.4, 0.5) is 5.69 Å². The third kappa shape index (κ3) is 3.28. The summed E-state index contributed by atoms with van der Waals surface area (Å²) < 4.78 is 0. The number of hydrogen-bond acceptors (Lipinski definition) is 3. The molecule has 0 radical (unpaired) electrons. The van der Waals surface area contributed by atoms with Crippen LogP contribution in [0.15, 0.2) is 23.3 Å². The van der Waals surface area contributed by atoms with Crippen molar-refractivity contribution in [2.75, 3.05) is 12.8 Å². The van der Waals surface area contributed by atoms with E-state index in [4.69, 9.17) is 10.8 Å². The van der Waals surface area contributed by atoms with Crippen LogP contribution in [0.1, 0.15) is 50.2 Å². The lowest BCUT2D eigenvalue weighted by Crippen LogP contribution is -2.25. The summed E-state index contributed by atoms with van der Waals surface area (Å²) in [5.74, 6) is 0. The molecule has 3 heteroatoms. The molecule has 1 aromatic carbocycles. The van der Waals surface area contributed by atoms with Gasteiger partial charge in [0, 0.05) is 24.3 Å². The Morgan fingerprint density at radius 2 is 2.05 bits per heavy atom. The lowest BCUT2D eigenvalue weighted by atomic mass is 10.0. The molecule has 3 nitrogen and oxygen atoms in total. The van der Waals surface area contributed by atoms with E-state index >= 15 is 0 Å². The van der Waals surface area contributed by atoms with Crippen LogP contribution in [0.25, 0.3) is 0 Å². The van der Waals surface area contributed by atoms with Crippen LogP contribution in [-0.2, 0) is 0 Å². The van der Waals surface area contributed by atoms with Crippen LogP contribution in [0.3, 0.4) is 0 Å². The highest BCUT2D eigenvalue weighted by Gasteiger charge is 2.19. The minimum absolute atomic E-state index is 0.604. The standard InChI is InChI=1S/C16H25N3/c1-4-16(14-11-12(2)9-10-15(14)17)18-19(3)13-7-5-6-8-13/h9-11,13H,4-8,17H2,1-3H3/b18-16+. The van der Waals surface area contributed by atoms with Gasteiger partial charge in [-0.15, -0.1) is 0 Å². The summed E-state index contributed by atoms with van der Waals surface area (Å²) in [6.45, 7) is 4.24. The number of aryl methyl sites for hydroxylation is 1. The summed E-state index contributed by atoms with van der Waals surface area (Å²) in [5, 5.41) is 6.97. The molecular weight excluding hydrogens is 234 g/mol. The maximum absolute atomic E-state index is 6.10. The molecule has 2 rings (SSSR count). The zero-order chi connectivity index (χ0) is 13.8. The first kappa shape index (κ1) is 13.9. The molecule has 0 bridgehead atoms. The highest BCUT2D eigenvalue weighted by atomic mass is 15.5. The molecule has 1 aliphatic rings. The van der Waals surface area contributed by atoms with Crippen LogP contribution in [0.5, 0.6) is 0 Å². The molecule has 1 aromatic rings. The smallest absolute Gasteiger partial charge is 0.0695 e. The van der Waals surface area contributed by atoms with E-state index in [9.17, 15) is 0 Å². The normalized spacial score (nSPS) is 16.9. The monoisotopic (exact) mass is 259 g/mol. The van der Waals surface area contributed by atoms with E-state index in [2.05, 4.69) is 32.0 Å². The van der Waals surface area contributed by atoms with E-state index in [1.807, 2.05) is 12.1 Å². The van der Waals surface area contributed by atoms with E-state index in [1.165, 1.54) is 31.2 Å². The molecule has 0 heterocycles. The second-order valence-electron chi connectivity index (χ2n) is 5.50. The van der Waals surface area contributed by atoms with Crippen molar-refractivity contribution in [3.8, 4) is 0 Å². The van der Waals surface area contributed by atoms with Crippen LogP contribution < -0.4 is 5.73 Å². The summed E-state index contributed by atoms with van der Waals surface area (Å²) in [5.41, 5.74) is 10.3. The topological polar surface area (TPSA) is 41.6 Å². The summed E-state index contributed by atoms with van der Waals surface area (Å²) in [7, 11) is 2.09. The van der Waals surface area contributed by atoms with Crippen molar-refractivity contribution in [3.63, 3.8) is 0 Å². The number of anilines is 1. The van der Waals surface area contributed by atoms with E-state index in [1.54, 1.807) is 0 Å². The largest absolute Gasteiger partial charge is 0.398 e. The maximum atomic E-state index is 6.10. The summed E-state index contributed by atoms with van der Waals surface area (Å²) >= 11 is 0. The van der Waals surface area contributed by atoms with Gasteiger partial charge < -0.3 is 5.73 Å². The molecular formula is C16H25N3. The van der Waals surface area contributed by atoms with Crippen LogP contribution in [-0.4, -0.2) is 23.8 Å². The minimum atomic E-state index is 0.604. The Labute approximate surface area is 116 Å². The Morgan fingerprint density at radius 3 is 2.68 bits per heavy atom. The fraction of sp³-hybridized carbons (Fsp3) is 0.562. The quantitative estimate of drug-likeness (QED) is 0.510. The number of hydrazone groups is 1. The molecule has 0 aliphatic heterocycles. The molecule has 104 valence electrons. The van der Waals surface area contributed by atoms with Gasteiger partial charge in [0.1, 0.15) is 0 Å². The first-order chi connectivity index (χ1) is 9.11. The van der Waals surface area contributed by atoms with Crippen molar-refractivity contribution in [1.82, 2.24) is 5.01 Å². The third-order valence-corrected chi connectivity index (χ3v) is 3.99. The number of nitrogens with two attached hydrogens (primary N) is 1. The maximum Gasteiger partial charge on any atom is 0.0695 e. The molecule has 0 aromatic heterocycles. The Kier molecular flexibility index (Phi) is 4.46. The first-order valence-corrected chi connectivity index (χ1v) is 7.28. The second kappa shape index (κ2) is 6.09. The molecule has 0 amide bonds. The Morgan fingerprint density at radius 1 is 1.37 bits per heavy atom. The molecule has 0 atom stereocenters. The van der Waals surface area contributed by atoms with Crippen molar-refractivity contribution < 1.29 is 0 Å². The van der Waals surface area contributed by atoms with Gasteiger partial charge in [-0.05, 0) is 38.3 Å². The highest BCUT2D eigenvalue weighted by Crippen LogP contribution is 2.24. The number of nitrogens with zero attached hydrogens (tertiary/aromatic N) is 2. The van der Waals surface area contributed by atoms with Crippen LogP contribution in [0, 0.1) is 6.92 Å². The van der Waals surface area contributed by atoms with Gasteiger partial charge in [0.15, 0.2) is 0 Å². The van der Waals surface area contributed by atoms with Crippen molar-refractivity contribution in [3.05, 3.63) is 29.3 Å². The van der Waals surface area contributed by atoms with Gasteiger partial charge in [0.05, 0.1) is 5.71 Å². The predicted octanol–water partition coefficient (Wildman–Crippen LogP) is 3.57. The Hall–Kier alpha value is -1.51. The number of hydrogen-bond donors (Lipinski definition) is 1. The van der Waals surface area contributed by atoms with E-state index in [0.29, 0.717) is 6.04 Å². The summed E-state index contributed by atoms with van der Waals surface area (Å²) in [6.07, 6.45) is 6.10. The van der Waals surface area contributed by atoms with Crippen LogP contribution in [0.2, 0.25) is 0 Å². The zero-order valence-electron chi connectivity index (χ0n) is 12.3. The predicted molar refractivity (Wildman–Crippen MR) is 82.4 cm³/mol. The van der Waals surface area contributed by atoms with E-state index < -0.39 is 0 Å². The number of nitrogen functional groups attached to an aromatic ring is 1. The highest BCUT2D eigenvalue weighted by molar-refractivity contribution is 6.04. The second-order valence-corrected chi connectivity index (χ2v) is 5.50. The zero-order valence-corrected chi connectivity index (χ0v) is 12.3. The number of rotatable bonds is 4. The molecule has 0 saturated heterocycles. The van der Waals surface area contributed by atoms with Gasteiger partial charge in [0.25, 0.3) is 0 Å². The van der Waals surface area contributed by atoms with Gasteiger partial charge >= 0.3 is 0 Å². The summed E-state index contributed by atoms with van der Waals surface area (Å²) in [6, 6.07) is 6.77. The fourth-order valence-electron chi connectivity index (χ4n) is 2.79. The SMILES string of the molecule is CC/C(=N\N(C)C1CCCC1)c1cc(C)ccc1N. The average molecular weight is 259 g/mol. The van der Waals surface area contributed by atoms with Crippen molar-refractivity contribution >= 4 is 11.4 Å². The first-order valence-electron chi connectivity index (χ1n) is 7.28. The molecule has 0 spiro atoms. The molecule has 1 aliphatic carbocycles. The molecule has 1 saturated carbocycles. The van der Waals surface area contributed by atoms with Gasteiger partial charge in [-0.2, -0.15) is 5.10 Å². The summed E-state index contributed by atoms with van der Waals surface area (Å²) in [4.78, 5) is 0. The van der Waals surface area contributed by atoms with Gasteiger partial charge in [-0.3, -0.25) is 5.01 Å². The average Bonchev–Trinajstić information content (AvgIpc) is 2.93. The third-order valence-electron chi connectivity index (χ3n) is 3.99. The molecule has 0 unspecified atom stereocenters. The molecule has 1 fully saturated rings. The minimum Gasteiger partial charge on any atom is -0.398 e. The molecule has 2 N–H and O–H groups in total. The van der Waals surface area contributed by atoms with E-state index in [-0.39, 0.29) is 0 Å². The Bertz CT molecular complexity index is 459. The van der Waals surface area contributed by atoms with Gasteiger partial charge in [-0.25, -0.2) is 0 Å². The van der Waals surface area contributed by atoms with Crippen LogP contribution >= 0.6 is 0 Å². The van der Waals surface area contributed by atoms with E-state index in [0.717, 1.165) is 23.4 Å². The van der Waals surface area contributed by atoms with Gasteiger partial charge in [-0.1, -0.05) is 31.4 Å². The van der Waals surface area contributed by atoms with Crippen molar-refractivity contribution in [2.24, 2.45) is 5.10 Å². The van der Waals surface area contributed by atoms with Crippen molar-refractivity contribution in [2.45, 2.75) is 52.0 Å². The fourth-order valence-corrected chi connectivity index (χ4v) is 2.79. The lowest BCUT2D eigenvalue weighted by Gasteiger charge is -2.22. The molecule has 19 heavy (non-hydrogen) atoms. The number of benzene rings is 1. The lowest BCUT2D eigenvalue weighted by molar-refractivity contribution is 0.257. The van der Waals surface area contributed by atoms with Crippen molar-refractivity contribution in [1.29, 1.82) is 0 Å². The van der Waals surface area contributed by atoms with Gasteiger partial charge in [0.2, 0.25) is 0 Å².